The summed E-state index contributed by atoms with van der Waals surface area (Å²) in [6, 6.07) is 7.81. The van der Waals surface area contributed by atoms with Gasteiger partial charge >= 0.3 is 0 Å². The largest absolute Gasteiger partial charge is 0.351 e. The Morgan fingerprint density at radius 2 is 1.76 bits per heavy atom. The fraction of sp³-hybridized carbons (Fsp3) is 0. The molecule has 1 amide bonds. The van der Waals surface area contributed by atoms with E-state index in [1.165, 1.54) is 48.9 Å². The fourth-order valence-corrected chi connectivity index (χ4v) is 2.09. The Morgan fingerprint density at radius 1 is 0.920 bits per heavy atom. The molecule has 1 aromatic carbocycles. The molecule has 0 aliphatic carbocycles. The van der Waals surface area contributed by atoms with E-state index in [9.17, 15) is 18.0 Å². The zero-order valence-corrected chi connectivity index (χ0v) is 12.6. The van der Waals surface area contributed by atoms with Crippen molar-refractivity contribution in [2.75, 3.05) is 10.6 Å². The molecule has 0 saturated carbocycles. The summed E-state index contributed by atoms with van der Waals surface area (Å²) in [5.41, 5.74) is 0.0556. The van der Waals surface area contributed by atoms with Crippen LogP contribution in [0.4, 0.5) is 30.2 Å². The Labute approximate surface area is 140 Å². The van der Waals surface area contributed by atoms with Gasteiger partial charge in [0.05, 0.1) is 28.8 Å². The molecule has 0 aliphatic heterocycles. The van der Waals surface area contributed by atoms with Crippen molar-refractivity contribution in [1.82, 2.24) is 9.97 Å². The van der Waals surface area contributed by atoms with Gasteiger partial charge in [-0.2, -0.15) is 4.39 Å². The number of hydrogen-bond donors (Lipinski definition) is 2. The summed E-state index contributed by atoms with van der Waals surface area (Å²) in [5, 5.41) is 5.14. The molecule has 0 atom stereocenters. The maximum absolute atomic E-state index is 13.8. The molecule has 3 aromatic rings. The Hall–Kier alpha value is -3.42. The Kier molecular flexibility index (Phi) is 4.60. The van der Waals surface area contributed by atoms with Crippen molar-refractivity contribution in [1.29, 1.82) is 0 Å². The molecular formula is C17H11F3N4O. The molecule has 8 heteroatoms. The molecule has 0 unspecified atom stereocenters. The standard InChI is InChI=1S/C17H11F3N4O/c18-11-4-1-5-13(15(11)19)23-12-6-8-21-9-14(12)24-17(25)10-3-2-7-22-16(10)20/h1-9H,(H,21,23)(H,24,25). The third-order valence-corrected chi connectivity index (χ3v) is 3.29. The van der Waals surface area contributed by atoms with Gasteiger partial charge in [0.1, 0.15) is 0 Å². The summed E-state index contributed by atoms with van der Waals surface area (Å²) in [4.78, 5) is 19.4. The summed E-state index contributed by atoms with van der Waals surface area (Å²) in [6.45, 7) is 0. The van der Waals surface area contributed by atoms with E-state index < -0.39 is 23.5 Å². The van der Waals surface area contributed by atoms with Gasteiger partial charge in [-0.15, -0.1) is 0 Å². The number of hydrogen-bond acceptors (Lipinski definition) is 4. The van der Waals surface area contributed by atoms with Crippen molar-refractivity contribution in [3.63, 3.8) is 0 Å². The molecule has 5 nitrogen and oxygen atoms in total. The van der Waals surface area contributed by atoms with Crippen LogP contribution >= 0.6 is 0 Å². The highest BCUT2D eigenvalue weighted by Crippen LogP contribution is 2.27. The first-order chi connectivity index (χ1) is 12.1. The zero-order valence-electron chi connectivity index (χ0n) is 12.6. The molecule has 0 bridgehead atoms. The highest BCUT2D eigenvalue weighted by Gasteiger charge is 2.15. The Balaban J connectivity index is 1.88. The highest BCUT2D eigenvalue weighted by molar-refractivity contribution is 6.05. The van der Waals surface area contributed by atoms with Crippen molar-refractivity contribution in [2.45, 2.75) is 0 Å². The molecule has 2 N–H and O–H groups in total. The van der Waals surface area contributed by atoms with E-state index >= 15 is 0 Å². The quantitative estimate of drug-likeness (QED) is 0.705. The van der Waals surface area contributed by atoms with E-state index in [2.05, 4.69) is 20.6 Å². The fourth-order valence-electron chi connectivity index (χ4n) is 2.09. The summed E-state index contributed by atoms with van der Waals surface area (Å²) >= 11 is 0. The van der Waals surface area contributed by atoms with Crippen LogP contribution in [0, 0.1) is 17.6 Å². The first-order valence-corrected chi connectivity index (χ1v) is 7.13. The van der Waals surface area contributed by atoms with Crippen LogP contribution in [-0.4, -0.2) is 15.9 Å². The van der Waals surface area contributed by atoms with E-state index in [1.807, 2.05) is 0 Å². The van der Waals surface area contributed by atoms with Crippen LogP contribution in [0.25, 0.3) is 0 Å². The number of nitrogens with zero attached hydrogens (tertiary/aromatic N) is 2. The molecule has 3 rings (SSSR count). The number of aromatic nitrogens is 2. The molecule has 0 radical (unpaired) electrons. The number of rotatable bonds is 4. The molecule has 2 heterocycles. The van der Waals surface area contributed by atoms with Crippen molar-refractivity contribution < 1.29 is 18.0 Å². The smallest absolute Gasteiger partial charge is 0.260 e. The number of amides is 1. The van der Waals surface area contributed by atoms with Crippen LogP contribution < -0.4 is 10.6 Å². The predicted molar refractivity (Wildman–Crippen MR) is 86.0 cm³/mol. The Bertz CT molecular complexity index is 933. The molecule has 0 aliphatic rings. The van der Waals surface area contributed by atoms with Gasteiger partial charge in [-0.05, 0) is 30.3 Å². The molecule has 126 valence electrons. The van der Waals surface area contributed by atoms with Crippen LogP contribution in [0.3, 0.4) is 0 Å². The lowest BCUT2D eigenvalue weighted by Crippen LogP contribution is -2.15. The van der Waals surface area contributed by atoms with E-state index in [0.717, 1.165) is 6.07 Å². The van der Waals surface area contributed by atoms with E-state index in [-0.39, 0.29) is 22.6 Å². The van der Waals surface area contributed by atoms with Crippen molar-refractivity contribution in [3.05, 3.63) is 78.1 Å². The monoisotopic (exact) mass is 344 g/mol. The molecule has 0 spiro atoms. The topological polar surface area (TPSA) is 66.9 Å². The van der Waals surface area contributed by atoms with Gasteiger partial charge in [-0.1, -0.05) is 6.07 Å². The molecule has 0 saturated heterocycles. The first kappa shape index (κ1) is 16.4. The number of carbonyl (C=O) groups excluding carboxylic acids is 1. The number of nitrogens with one attached hydrogen (secondary N) is 2. The maximum atomic E-state index is 13.8. The average molecular weight is 344 g/mol. The lowest BCUT2D eigenvalue weighted by Gasteiger charge is -2.13. The SMILES string of the molecule is O=C(Nc1cnccc1Nc1cccc(F)c1F)c1cccnc1F. The van der Waals surface area contributed by atoms with Crippen LogP contribution in [0.1, 0.15) is 10.4 Å². The highest BCUT2D eigenvalue weighted by atomic mass is 19.2. The molecular weight excluding hydrogens is 333 g/mol. The molecule has 0 fully saturated rings. The minimum atomic E-state index is -1.06. The minimum Gasteiger partial charge on any atom is -0.351 e. The number of pyridine rings is 2. The number of anilines is 3. The van der Waals surface area contributed by atoms with Crippen molar-refractivity contribution in [3.8, 4) is 0 Å². The van der Waals surface area contributed by atoms with Crippen molar-refractivity contribution >= 4 is 23.0 Å². The second-order valence-electron chi connectivity index (χ2n) is 4.94. The summed E-state index contributed by atoms with van der Waals surface area (Å²) in [6.07, 6.45) is 3.92. The van der Waals surface area contributed by atoms with Crippen LogP contribution in [0.2, 0.25) is 0 Å². The summed E-state index contributed by atoms with van der Waals surface area (Å²) in [7, 11) is 0. The summed E-state index contributed by atoms with van der Waals surface area (Å²) < 4.78 is 40.7. The number of halogens is 3. The summed E-state index contributed by atoms with van der Waals surface area (Å²) in [5.74, 6) is -3.74. The third kappa shape index (κ3) is 3.57. The Morgan fingerprint density at radius 3 is 2.56 bits per heavy atom. The van der Waals surface area contributed by atoms with E-state index in [0.29, 0.717) is 0 Å². The van der Waals surface area contributed by atoms with Gasteiger partial charge in [0.15, 0.2) is 11.6 Å². The molecule has 2 aromatic heterocycles. The van der Waals surface area contributed by atoms with E-state index in [1.54, 1.807) is 0 Å². The second-order valence-corrected chi connectivity index (χ2v) is 4.94. The van der Waals surface area contributed by atoms with Gasteiger partial charge in [-0.3, -0.25) is 9.78 Å². The number of benzene rings is 1. The van der Waals surface area contributed by atoms with Crippen LogP contribution in [-0.2, 0) is 0 Å². The zero-order chi connectivity index (χ0) is 17.8. The maximum Gasteiger partial charge on any atom is 0.260 e. The van der Waals surface area contributed by atoms with Crippen LogP contribution in [0.5, 0.6) is 0 Å². The van der Waals surface area contributed by atoms with Gasteiger partial charge in [0.25, 0.3) is 5.91 Å². The van der Waals surface area contributed by atoms with Gasteiger partial charge < -0.3 is 10.6 Å². The average Bonchev–Trinajstić information content (AvgIpc) is 2.61. The third-order valence-electron chi connectivity index (χ3n) is 3.29. The normalized spacial score (nSPS) is 10.4. The van der Waals surface area contributed by atoms with E-state index in [4.69, 9.17) is 0 Å². The lowest BCUT2D eigenvalue weighted by molar-refractivity contribution is 0.102. The first-order valence-electron chi connectivity index (χ1n) is 7.13. The predicted octanol–water partition coefficient (Wildman–Crippen LogP) is 3.89. The van der Waals surface area contributed by atoms with Gasteiger partial charge in [-0.25, -0.2) is 13.8 Å². The second kappa shape index (κ2) is 7.00. The van der Waals surface area contributed by atoms with Gasteiger partial charge in [0.2, 0.25) is 5.95 Å². The van der Waals surface area contributed by atoms with Gasteiger partial charge in [0, 0.05) is 12.4 Å². The molecule has 25 heavy (non-hydrogen) atoms. The lowest BCUT2D eigenvalue weighted by atomic mass is 10.2. The number of carbonyl (C=O) groups is 1. The van der Waals surface area contributed by atoms with Crippen LogP contribution in [0.15, 0.2) is 55.0 Å². The van der Waals surface area contributed by atoms with Crippen molar-refractivity contribution in [2.24, 2.45) is 0 Å². The minimum absolute atomic E-state index is 0.116.